The average Bonchev–Trinajstić information content (AvgIpc) is 2.54. The van der Waals surface area contributed by atoms with Crippen molar-refractivity contribution < 1.29 is 32.4 Å². The molecule has 0 aliphatic heterocycles. The number of carbonyl (C=O) groups is 1. The molecule has 0 saturated heterocycles. The molecule has 0 N–H and O–H groups in total. The van der Waals surface area contributed by atoms with Gasteiger partial charge in [0.25, 0.3) is 0 Å². The van der Waals surface area contributed by atoms with E-state index >= 15 is 0 Å². The van der Waals surface area contributed by atoms with E-state index in [0.717, 1.165) is 0 Å². The first-order valence-corrected chi connectivity index (χ1v) is 7.51. The highest BCUT2D eigenvalue weighted by Gasteiger charge is 2.36. The molecule has 0 aliphatic carbocycles. The SMILES string of the molecule is CCOC(=O)c1cccc(Oc2cc(Cl)c(C(F)(F)F)cc2[N+](=O)[O-])c1. The number of nitro benzene ring substituents is 1. The van der Waals surface area contributed by atoms with Crippen molar-refractivity contribution in [3.8, 4) is 11.5 Å². The zero-order chi connectivity index (χ0) is 19.5. The summed E-state index contributed by atoms with van der Waals surface area (Å²) in [6.07, 6.45) is -4.86. The molecular formula is C16H11ClF3NO5. The fraction of sp³-hybridized carbons (Fsp3) is 0.188. The molecule has 0 amide bonds. The van der Waals surface area contributed by atoms with Crippen LogP contribution in [0.3, 0.4) is 0 Å². The molecule has 6 nitrogen and oxygen atoms in total. The van der Waals surface area contributed by atoms with Crippen LogP contribution < -0.4 is 4.74 Å². The van der Waals surface area contributed by atoms with Crippen LogP contribution in [0.2, 0.25) is 5.02 Å². The van der Waals surface area contributed by atoms with Crippen molar-refractivity contribution in [2.45, 2.75) is 13.1 Å². The summed E-state index contributed by atoms with van der Waals surface area (Å²) in [6, 6.07) is 6.48. The third-order valence-electron chi connectivity index (χ3n) is 3.12. The topological polar surface area (TPSA) is 78.7 Å². The van der Waals surface area contributed by atoms with Crippen LogP contribution in [0.1, 0.15) is 22.8 Å². The fourth-order valence-corrected chi connectivity index (χ4v) is 2.27. The van der Waals surface area contributed by atoms with Gasteiger partial charge < -0.3 is 9.47 Å². The van der Waals surface area contributed by atoms with E-state index in [2.05, 4.69) is 0 Å². The van der Waals surface area contributed by atoms with Gasteiger partial charge >= 0.3 is 17.8 Å². The minimum Gasteiger partial charge on any atom is -0.462 e. The van der Waals surface area contributed by atoms with Crippen LogP contribution in [0.25, 0.3) is 0 Å². The number of hydrogen-bond donors (Lipinski definition) is 0. The molecule has 0 radical (unpaired) electrons. The van der Waals surface area contributed by atoms with E-state index in [1.165, 1.54) is 24.3 Å². The highest BCUT2D eigenvalue weighted by Crippen LogP contribution is 2.42. The highest BCUT2D eigenvalue weighted by molar-refractivity contribution is 6.31. The van der Waals surface area contributed by atoms with Gasteiger partial charge in [0.15, 0.2) is 0 Å². The van der Waals surface area contributed by atoms with Gasteiger partial charge in [0.2, 0.25) is 5.75 Å². The van der Waals surface area contributed by atoms with Crippen LogP contribution in [0.15, 0.2) is 36.4 Å². The molecule has 2 aromatic rings. The van der Waals surface area contributed by atoms with Gasteiger partial charge in [-0.25, -0.2) is 4.79 Å². The summed E-state index contributed by atoms with van der Waals surface area (Å²) in [5, 5.41) is 10.4. The Balaban J connectivity index is 2.44. The van der Waals surface area contributed by atoms with Crippen molar-refractivity contribution in [2.24, 2.45) is 0 Å². The number of hydrogen-bond acceptors (Lipinski definition) is 5. The molecule has 0 bridgehead atoms. The molecule has 0 fully saturated rings. The Morgan fingerprint density at radius 3 is 2.54 bits per heavy atom. The second-order valence-corrected chi connectivity index (χ2v) is 5.31. The molecule has 2 aromatic carbocycles. The third-order valence-corrected chi connectivity index (χ3v) is 3.44. The van der Waals surface area contributed by atoms with Crippen molar-refractivity contribution >= 4 is 23.3 Å². The zero-order valence-electron chi connectivity index (χ0n) is 13.2. The Hall–Kier alpha value is -2.81. The molecule has 0 heterocycles. The predicted molar refractivity (Wildman–Crippen MR) is 85.6 cm³/mol. The summed E-state index contributed by atoms with van der Waals surface area (Å²) in [6.45, 7) is 1.76. The van der Waals surface area contributed by atoms with Crippen LogP contribution in [0, 0.1) is 10.1 Å². The number of nitrogens with zero attached hydrogens (tertiary/aromatic N) is 1. The van der Waals surface area contributed by atoms with Crippen LogP contribution in [-0.4, -0.2) is 17.5 Å². The van der Waals surface area contributed by atoms with Gasteiger partial charge in [-0.3, -0.25) is 10.1 Å². The predicted octanol–water partition coefficient (Wildman–Crippen LogP) is 5.24. The van der Waals surface area contributed by atoms with Crippen molar-refractivity contribution in [3.05, 3.63) is 62.7 Å². The molecule has 0 aliphatic rings. The van der Waals surface area contributed by atoms with E-state index in [4.69, 9.17) is 21.1 Å². The lowest BCUT2D eigenvalue weighted by molar-refractivity contribution is -0.385. The van der Waals surface area contributed by atoms with Gasteiger partial charge in [-0.15, -0.1) is 0 Å². The first-order chi connectivity index (χ1) is 12.1. The summed E-state index contributed by atoms with van der Waals surface area (Å²) in [7, 11) is 0. The molecule has 0 atom stereocenters. The maximum absolute atomic E-state index is 12.9. The number of nitro groups is 1. The Kier molecular flexibility index (Phi) is 5.71. The first kappa shape index (κ1) is 19.5. The molecule has 138 valence electrons. The number of rotatable bonds is 5. The van der Waals surface area contributed by atoms with Crippen LogP contribution >= 0.6 is 11.6 Å². The van der Waals surface area contributed by atoms with Crippen molar-refractivity contribution in [2.75, 3.05) is 6.61 Å². The van der Waals surface area contributed by atoms with Gasteiger partial charge in [-0.2, -0.15) is 13.2 Å². The lowest BCUT2D eigenvalue weighted by atomic mass is 10.1. The Morgan fingerprint density at radius 1 is 1.27 bits per heavy atom. The quantitative estimate of drug-likeness (QED) is 0.397. The molecule has 0 saturated carbocycles. The summed E-state index contributed by atoms with van der Waals surface area (Å²) in [5.74, 6) is -1.14. The summed E-state index contributed by atoms with van der Waals surface area (Å²) in [4.78, 5) is 21.8. The monoisotopic (exact) mass is 389 g/mol. The molecule has 0 aromatic heterocycles. The van der Waals surface area contributed by atoms with E-state index in [1.807, 2.05) is 0 Å². The lowest BCUT2D eigenvalue weighted by Crippen LogP contribution is -2.07. The van der Waals surface area contributed by atoms with Crippen molar-refractivity contribution in [3.63, 3.8) is 0 Å². The van der Waals surface area contributed by atoms with Gasteiger partial charge in [0.05, 0.1) is 27.7 Å². The lowest BCUT2D eigenvalue weighted by Gasteiger charge is -2.12. The Bertz CT molecular complexity index is 854. The molecular weight excluding hydrogens is 379 g/mol. The van der Waals surface area contributed by atoms with Gasteiger partial charge in [0.1, 0.15) is 5.75 Å². The summed E-state index contributed by atoms with van der Waals surface area (Å²) in [5.41, 5.74) is -2.15. The normalized spacial score (nSPS) is 11.1. The maximum atomic E-state index is 12.9. The number of halogens is 4. The van der Waals surface area contributed by atoms with Gasteiger partial charge in [-0.1, -0.05) is 17.7 Å². The second kappa shape index (κ2) is 7.61. The number of esters is 1. The third kappa shape index (κ3) is 4.42. The van der Waals surface area contributed by atoms with Gasteiger partial charge in [-0.05, 0) is 25.1 Å². The smallest absolute Gasteiger partial charge is 0.418 e. The van der Waals surface area contributed by atoms with Crippen LogP contribution in [0.4, 0.5) is 18.9 Å². The maximum Gasteiger partial charge on any atom is 0.418 e. The van der Waals surface area contributed by atoms with E-state index in [0.29, 0.717) is 12.1 Å². The number of benzene rings is 2. The Morgan fingerprint density at radius 2 is 1.96 bits per heavy atom. The van der Waals surface area contributed by atoms with Crippen molar-refractivity contribution in [1.82, 2.24) is 0 Å². The number of ether oxygens (including phenoxy) is 2. The largest absolute Gasteiger partial charge is 0.462 e. The number of carbonyl (C=O) groups excluding carboxylic acids is 1. The molecule has 0 unspecified atom stereocenters. The Labute approximate surface area is 150 Å². The molecule has 2 rings (SSSR count). The highest BCUT2D eigenvalue weighted by atomic mass is 35.5. The molecule has 0 spiro atoms. The minimum atomic E-state index is -4.86. The van der Waals surface area contributed by atoms with Crippen molar-refractivity contribution in [1.29, 1.82) is 0 Å². The molecule has 26 heavy (non-hydrogen) atoms. The van der Waals surface area contributed by atoms with E-state index < -0.39 is 39.1 Å². The van der Waals surface area contributed by atoms with E-state index in [9.17, 15) is 28.1 Å². The molecule has 10 heteroatoms. The van der Waals surface area contributed by atoms with E-state index in [-0.39, 0.29) is 17.9 Å². The van der Waals surface area contributed by atoms with Gasteiger partial charge in [0, 0.05) is 12.1 Å². The summed E-state index contributed by atoms with van der Waals surface area (Å²) < 4.78 is 48.7. The fourth-order valence-electron chi connectivity index (χ4n) is 2.01. The standard InChI is InChI=1S/C16H11ClF3NO5/c1-2-25-15(22)9-4-3-5-10(6-9)26-14-8-12(17)11(16(18,19)20)7-13(14)21(23)24/h3-8H,2H2,1H3. The summed E-state index contributed by atoms with van der Waals surface area (Å²) >= 11 is 5.58. The average molecular weight is 390 g/mol. The zero-order valence-corrected chi connectivity index (χ0v) is 13.9. The van der Waals surface area contributed by atoms with Crippen LogP contribution in [-0.2, 0) is 10.9 Å². The number of alkyl halides is 3. The first-order valence-electron chi connectivity index (χ1n) is 7.13. The van der Waals surface area contributed by atoms with Crippen LogP contribution in [0.5, 0.6) is 11.5 Å². The minimum absolute atomic E-state index is 0.00511. The van der Waals surface area contributed by atoms with E-state index in [1.54, 1.807) is 6.92 Å². The second-order valence-electron chi connectivity index (χ2n) is 4.91.